The maximum Gasteiger partial charge on any atom is 1.00 e. The molecule has 0 saturated heterocycles. The van der Waals surface area contributed by atoms with E-state index in [9.17, 15) is 0 Å². The Bertz CT molecular complexity index is 13.5. The fourth-order valence-electron chi connectivity index (χ4n) is 0. The van der Waals surface area contributed by atoms with Crippen molar-refractivity contribution in [2.24, 2.45) is 0 Å². The van der Waals surface area contributed by atoms with Crippen LogP contribution in [0.2, 0.25) is 0 Å². The Morgan fingerprint density at radius 1 is 1.75 bits per heavy atom. The summed E-state index contributed by atoms with van der Waals surface area (Å²) in [5.74, 6) is 0. The van der Waals surface area contributed by atoms with E-state index in [1.165, 1.54) is 0 Å². The van der Waals surface area contributed by atoms with Gasteiger partial charge in [0.15, 0.2) is 0 Å². The molecule has 0 amide bonds. The molecule has 0 radical (unpaired) electrons. The van der Waals surface area contributed by atoms with Crippen LogP contribution in [0.4, 0.5) is 0 Å². The minimum Gasteiger partial charge on any atom is -0.753 e. The van der Waals surface area contributed by atoms with E-state index in [0.717, 1.165) is 0 Å². The molecule has 0 aliphatic rings. The van der Waals surface area contributed by atoms with E-state index in [0.29, 0.717) is 0 Å². The first-order chi connectivity index (χ1) is 1.41. The van der Waals surface area contributed by atoms with Crippen LogP contribution < -0.4 is 29.6 Å². The topological polar surface area (TPSA) is 0 Å². The molecule has 0 aliphatic heterocycles. The monoisotopic (exact) mass is 120 g/mol. The van der Waals surface area contributed by atoms with E-state index in [4.69, 9.17) is 0 Å². The first-order valence-electron chi connectivity index (χ1n) is 0.471. The molecule has 0 saturated carbocycles. The van der Waals surface area contributed by atoms with Gasteiger partial charge in [-0.15, -0.1) is 11.8 Å². The molecule has 0 fully saturated rings. The van der Waals surface area contributed by atoms with Gasteiger partial charge in [-0.25, -0.2) is 0 Å². The molecule has 0 rings (SSSR count). The number of hydrogen-bond acceptors (Lipinski definition) is 2. The summed E-state index contributed by atoms with van der Waals surface area (Å²) in [5.41, 5.74) is 0. The van der Waals surface area contributed by atoms with E-state index in [1.807, 2.05) is 0 Å². The molecule has 0 aromatic carbocycles. The smallest absolute Gasteiger partial charge is 0.753 e. The van der Waals surface area contributed by atoms with Crippen molar-refractivity contribution < 1.29 is 29.6 Å². The van der Waals surface area contributed by atoms with Crippen molar-refractivity contribution in [1.82, 2.24) is 0 Å². The third kappa shape index (κ3) is 9.00. The van der Waals surface area contributed by atoms with Crippen molar-refractivity contribution in [2.45, 2.75) is 0 Å². The van der Waals surface area contributed by atoms with Crippen LogP contribution in [0.15, 0.2) is 0 Å². The second-order valence-electron chi connectivity index (χ2n) is 0.0962. The van der Waals surface area contributed by atoms with Crippen molar-refractivity contribution in [3.05, 3.63) is 0 Å². The fraction of sp³-hybridized carbons (Fsp3) is 0. The van der Waals surface area contributed by atoms with Gasteiger partial charge in [-0.1, -0.05) is 0 Å². The van der Waals surface area contributed by atoms with E-state index in [-0.39, 0.29) is 36.1 Å². The van der Waals surface area contributed by atoms with Crippen LogP contribution in [0.5, 0.6) is 0 Å². The Balaban J connectivity index is 0. The van der Waals surface area contributed by atoms with Crippen LogP contribution in [0.25, 0.3) is 0 Å². The zero-order valence-electron chi connectivity index (χ0n) is 2.39. The average molecular weight is 120 g/mol. The summed E-state index contributed by atoms with van der Waals surface area (Å²) in [6.45, 7) is -0.0833. The standard InChI is InChI=1S/Na.H3PS2/c;2-1-3/h;1H2,(H,2,3)/q+1;/p-1. The van der Waals surface area contributed by atoms with Gasteiger partial charge in [-0.2, -0.15) is 6.56 Å². The van der Waals surface area contributed by atoms with Gasteiger partial charge in [0.05, 0.1) is 0 Å². The summed E-state index contributed by atoms with van der Waals surface area (Å²) >= 11 is 8.58. The van der Waals surface area contributed by atoms with Crippen molar-refractivity contribution in [2.75, 3.05) is 0 Å². The molecule has 0 aromatic heterocycles. The van der Waals surface area contributed by atoms with E-state index >= 15 is 0 Å². The fourth-order valence-corrected chi connectivity index (χ4v) is 0. The van der Waals surface area contributed by atoms with Gasteiger partial charge in [-0.05, 0) is 0 Å². The second kappa shape index (κ2) is 8.89. The summed E-state index contributed by atoms with van der Waals surface area (Å²) in [6, 6.07) is 0. The molecule has 0 spiro atoms. The third-order valence-corrected chi connectivity index (χ3v) is 0. The molecule has 0 bridgehead atoms. The van der Waals surface area contributed by atoms with Crippen LogP contribution in [-0.2, 0) is 24.1 Å². The molecule has 0 aliphatic carbocycles. The molecule has 4 heavy (non-hydrogen) atoms. The Kier molecular flexibility index (Phi) is 20.8. The summed E-state index contributed by atoms with van der Waals surface area (Å²) in [7, 11) is 0. The Labute approximate surface area is 59.6 Å². The molecular formula is H2NaPS2. The zero-order valence-corrected chi connectivity index (χ0v) is 7.18. The average Bonchev–Trinajstić information content (AvgIpc) is 0.918. The number of hydrogen-bond donors (Lipinski definition) is 0. The van der Waals surface area contributed by atoms with Crippen LogP contribution in [0, 0.1) is 0 Å². The molecule has 0 aromatic rings. The molecule has 0 nitrogen and oxygen atoms in total. The van der Waals surface area contributed by atoms with Crippen molar-refractivity contribution >= 4 is 30.6 Å². The van der Waals surface area contributed by atoms with Crippen molar-refractivity contribution in [3.63, 3.8) is 0 Å². The normalized spacial score (nSPS) is 7.25. The zero-order chi connectivity index (χ0) is 2.71. The molecule has 4 heteroatoms. The summed E-state index contributed by atoms with van der Waals surface area (Å²) in [5, 5.41) is 0. The van der Waals surface area contributed by atoms with Gasteiger partial charge in [0.2, 0.25) is 0 Å². The van der Waals surface area contributed by atoms with E-state index in [2.05, 4.69) is 24.1 Å². The summed E-state index contributed by atoms with van der Waals surface area (Å²) in [6.07, 6.45) is 0. The van der Waals surface area contributed by atoms with Gasteiger partial charge in [0.25, 0.3) is 0 Å². The van der Waals surface area contributed by atoms with Crippen LogP contribution in [0.3, 0.4) is 0 Å². The summed E-state index contributed by atoms with van der Waals surface area (Å²) < 4.78 is 0. The molecule has 0 heterocycles. The molecule has 1 atom stereocenters. The Morgan fingerprint density at radius 3 is 1.75 bits per heavy atom. The maximum absolute atomic E-state index is 4.29. The molecule has 20 valence electrons. The number of rotatable bonds is 0. The molecular weight excluding hydrogens is 118 g/mol. The Morgan fingerprint density at radius 2 is 1.75 bits per heavy atom. The quantitative estimate of drug-likeness (QED) is 0.194. The predicted molar refractivity (Wildman–Crippen MR) is 24.4 cm³/mol. The minimum absolute atomic E-state index is 0. The first kappa shape index (κ1) is 9.38. The Hall–Kier alpha value is 2.00. The minimum atomic E-state index is -0.0833. The van der Waals surface area contributed by atoms with Gasteiger partial charge >= 0.3 is 29.6 Å². The van der Waals surface area contributed by atoms with Gasteiger partial charge in [0.1, 0.15) is 0 Å². The maximum atomic E-state index is 4.29. The first-order valence-corrected chi connectivity index (χ1v) is 4.24. The van der Waals surface area contributed by atoms with Gasteiger partial charge < -0.3 is 12.2 Å². The van der Waals surface area contributed by atoms with Crippen LogP contribution in [-0.4, -0.2) is 0 Å². The third-order valence-electron chi connectivity index (χ3n) is 0. The molecule has 0 N–H and O–H groups in total. The van der Waals surface area contributed by atoms with Crippen molar-refractivity contribution in [1.29, 1.82) is 0 Å². The van der Waals surface area contributed by atoms with Crippen LogP contribution >= 0.6 is 6.56 Å². The van der Waals surface area contributed by atoms with Gasteiger partial charge in [0, 0.05) is 0 Å². The predicted octanol–water partition coefficient (Wildman–Crippen LogP) is -2.67. The second-order valence-corrected chi connectivity index (χ2v) is 2.60. The molecule has 1 unspecified atom stereocenters. The summed E-state index contributed by atoms with van der Waals surface area (Å²) in [4.78, 5) is 0. The SMILES string of the molecule is S=[PH2][S-].[Na+]. The van der Waals surface area contributed by atoms with Crippen molar-refractivity contribution in [3.8, 4) is 0 Å². The van der Waals surface area contributed by atoms with E-state index in [1.54, 1.807) is 0 Å². The largest absolute Gasteiger partial charge is 1.00 e. The van der Waals surface area contributed by atoms with Crippen LogP contribution in [0.1, 0.15) is 0 Å². The van der Waals surface area contributed by atoms with Gasteiger partial charge in [-0.3, -0.25) is 0 Å². The van der Waals surface area contributed by atoms with E-state index < -0.39 is 0 Å².